The zero-order valence-corrected chi connectivity index (χ0v) is 13.1. The number of carbonyl (C=O) groups is 1. The minimum Gasteiger partial charge on any atom is -0.375 e. The molecule has 1 atom stereocenters. The highest BCUT2D eigenvalue weighted by atomic mass is 32.1. The van der Waals surface area contributed by atoms with Gasteiger partial charge in [0.05, 0.1) is 11.7 Å². The van der Waals surface area contributed by atoms with E-state index in [1.165, 1.54) is 13.0 Å². The number of nitrogens with one attached hydrogen (secondary N) is 2. The highest BCUT2D eigenvalue weighted by molar-refractivity contribution is 7.10. The Labute approximate surface area is 128 Å². The van der Waals surface area contributed by atoms with Crippen LogP contribution in [0.1, 0.15) is 31.7 Å². The first kappa shape index (κ1) is 15.5. The minimum atomic E-state index is -0.327. The fourth-order valence-corrected chi connectivity index (χ4v) is 3.07. The van der Waals surface area contributed by atoms with E-state index < -0.39 is 0 Å². The number of thiophene rings is 1. The Balaban J connectivity index is 2.26. The summed E-state index contributed by atoms with van der Waals surface area (Å²) in [5, 5.41) is 7.92. The van der Waals surface area contributed by atoms with Gasteiger partial charge in [0, 0.05) is 17.5 Å². The summed E-state index contributed by atoms with van der Waals surface area (Å²) < 4.78 is 14.0. The van der Waals surface area contributed by atoms with Gasteiger partial charge in [0.1, 0.15) is 5.82 Å². The van der Waals surface area contributed by atoms with Crippen molar-refractivity contribution in [2.24, 2.45) is 5.92 Å². The Kier molecular flexibility index (Phi) is 4.96. The lowest BCUT2D eigenvalue weighted by atomic mass is 10.0. The van der Waals surface area contributed by atoms with Gasteiger partial charge in [0.25, 0.3) is 0 Å². The summed E-state index contributed by atoms with van der Waals surface area (Å²) in [7, 11) is 0. The fraction of sp³-hybridized carbons (Fsp3) is 0.312. The number of carbonyl (C=O) groups excluding carboxylic acids is 1. The maximum Gasteiger partial charge on any atom is 0.221 e. The molecule has 0 aliphatic rings. The quantitative estimate of drug-likeness (QED) is 0.844. The average molecular weight is 306 g/mol. The van der Waals surface area contributed by atoms with Crippen molar-refractivity contribution in [1.29, 1.82) is 0 Å². The lowest BCUT2D eigenvalue weighted by molar-refractivity contribution is -0.114. The topological polar surface area (TPSA) is 41.1 Å². The highest BCUT2D eigenvalue weighted by Crippen LogP contribution is 2.31. The van der Waals surface area contributed by atoms with Gasteiger partial charge >= 0.3 is 0 Å². The molecule has 3 nitrogen and oxygen atoms in total. The lowest BCUT2D eigenvalue weighted by Crippen LogP contribution is -2.16. The summed E-state index contributed by atoms with van der Waals surface area (Å²) in [5.41, 5.74) is 0.980. The molecule has 1 aromatic carbocycles. The van der Waals surface area contributed by atoms with Crippen molar-refractivity contribution < 1.29 is 9.18 Å². The normalized spacial score (nSPS) is 12.2. The third kappa shape index (κ3) is 4.04. The number of hydrogen-bond donors (Lipinski definition) is 2. The smallest absolute Gasteiger partial charge is 0.221 e. The van der Waals surface area contributed by atoms with Crippen LogP contribution in [0.5, 0.6) is 0 Å². The van der Waals surface area contributed by atoms with Gasteiger partial charge in [-0.1, -0.05) is 19.9 Å². The second-order valence-corrected chi connectivity index (χ2v) is 6.24. The summed E-state index contributed by atoms with van der Waals surface area (Å²) in [6.45, 7) is 5.61. The van der Waals surface area contributed by atoms with Crippen molar-refractivity contribution in [2.45, 2.75) is 26.8 Å². The van der Waals surface area contributed by atoms with Crippen LogP contribution in [0.25, 0.3) is 0 Å². The van der Waals surface area contributed by atoms with Crippen LogP contribution in [0.4, 0.5) is 15.8 Å². The SMILES string of the molecule is CC(=O)Nc1ccc(F)c(NC(c2cccs2)C(C)C)c1. The van der Waals surface area contributed by atoms with Crippen molar-refractivity contribution >= 4 is 28.6 Å². The van der Waals surface area contributed by atoms with Crippen molar-refractivity contribution in [1.82, 2.24) is 0 Å². The monoisotopic (exact) mass is 306 g/mol. The Morgan fingerprint density at radius 2 is 2.05 bits per heavy atom. The molecule has 0 fully saturated rings. The van der Waals surface area contributed by atoms with Crippen molar-refractivity contribution in [3.05, 3.63) is 46.4 Å². The largest absolute Gasteiger partial charge is 0.375 e. The number of halogens is 1. The molecule has 0 spiro atoms. The fourth-order valence-electron chi connectivity index (χ4n) is 2.12. The second-order valence-electron chi connectivity index (χ2n) is 5.26. The summed E-state index contributed by atoms with van der Waals surface area (Å²) in [6, 6.07) is 8.60. The van der Waals surface area contributed by atoms with E-state index in [4.69, 9.17) is 0 Å². The molecule has 0 radical (unpaired) electrons. The average Bonchev–Trinajstić information content (AvgIpc) is 2.92. The van der Waals surface area contributed by atoms with Crippen LogP contribution in [-0.2, 0) is 4.79 Å². The summed E-state index contributed by atoms with van der Waals surface area (Å²) in [4.78, 5) is 12.3. The molecular weight excluding hydrogens is 287 g/mol. The molecule has 5 heteroatoms. The van der Waals surface area contributed by atoms with E-state index in [9.17, 15) is 9.18 Å². The third-order valence-corrected chi connectivity index (χ3v) is 4.07. The number of hydrogen-bond acceptors (Lipinski definition) is 3. The molecule has 0 saturated heterocycles. The zero-order chi connectivity index (χ0) is 15.4. The van der Waals surface area contributed by atoms with Crippen LogP contribution in [-0.4, -0.2) is 5.91 Å². The van der Waals surface area contributed by atoms with E-state index in [2.05, 4.69) is 24.5 Å². The first-order valence-corrected chi connectivity index (χ1v) is 7.72. The molecule has 1 heterocycles. The summed E-state index contributed by atoms with van der Waals surface area (Å²) in [6.07, 6.45) is 0. The maximum atomic E-state index is 14.0. The predicted molar refractivity (Wildman–Crippen MR) is 86.2 cm³/mol. The number of rotatable bonds is 5. The highest BCUT2D eigenvalue weighted by Gasteiger charge is 2.18. The van der Waals surface area contributed by atoms with E-state index in [1.807, 2.05) is 17.5 Å². The van der Waals surface area contributed by atoms with Gasteiger partial charge in [-0.3, -0.25) is 4.79 Å². The molecule has 2 rings (SSSR count). The molecule has 2 N–H and O–H groups in total. The molecule has 0 aliphatic carbocycles. The number of amides is 1. The van der Waals surface area contributed by atoms with Gasteiger partial charge in [0.2, 0.25) is 5.91 Å². The molecule has 1 amide bonds. The van der Waals surface area contributed by atoms with Crippen molar-refractivity contribution in [3.8, 4) is 0 Å². The van der Waals surface area contributed by atoms with Crippen LogP contribution in [0.2, 0.25) is 0 Å². The van der Waals surface area contributed by atoms with Crippen LogP contribution in [0.3, 0.4) is 0 Å². The molecule has 0 bridgehead atoms. The number of anilines is 2. The van der Waals surface area contributed by atoms with Crippen LogP contribution >= 0.6 is 11.3 Å². The first-order chi connectivity index (χ1) is 9.97. The van der Waals surface area contributed by atoms with E-state index in [0.29, 0.717) is 17.3 Å². The first-order valence-electron chi connectivity index (χ1n) is 6.84. The van der Waals surface area contributed by atoms with Crippen molar-refractivity contribution in [3.63, 3.8) is 0 Å². The van der Waals surface area contributed by atoms with Crippen LogP contribution in [0.15, 0.2) is 35.7 Å². The van der Waals surface area contributed by atoms with Gasteiger partial charge < -0.3 is 10.6 Å². The molecule has 1 aromatic heterocycles. The summed E-state index contributed by atoms with van der Waals surface area (Å²) >= 11 is 1.64. The van der Waals surface area contributed by atoms with Gasteiger partial charge in [0.15, 0.2) is 0 Å². The third-order valence-electron chi connectivity index (χ3n) is 3.11. The molecule has 112 valence electrons. The van der Waals surface area contributed by atoms with Gasteiger partial charge in [-0.25, -0.2) is 4.39 Å². The van der Waals surface area contributed by atoms with E-state index in [0.717, 1.165) is 4.88 Å². The van der Waals surface area contributed by atoms with Gasteiger partial charge in [-0.2, -0.15) is 0 Å². The predicted octanol–water partition coefficient (Wildman–Crippen LogP) is 4.65. The number of benzene rings is 1. The maximum absolute atomic E-state index is 14.0. The van der Waals surface area contributed by atoms with Crippen molar-refractivity contribution in [2.75, 3.05) is 10.6 Å². The molecule has 21 heavy (non-hydrogen) atoms. The molecular formula is C16H19FN2OS. The minimum absolute atomic E-state index is 0.0343. The summed E-state index contributed by atoms with van der Waals surface area (Å²) in [5.74, 6) is -0.190. The van der Waals surface area contributed by atoms with E-state index in [-0.39, 0.29) is 17.8 Å². The Morgan fingerprint density at radius 1 is 1.29 bits per heavy atom. The van der Waals surface area contributed by atoms with E-state index in [1.54, 1.807) is 23.5 Å². The molecule has 1 unspecified atom stereocenters. The standard InChI is InChI=1S/C16H19FN2OS/c1-10(2)16(15-5-4-8-21-15)19-14-9-12(18-11(3)20)6-7-13(14)17/h4-10,16,19H,1-3H3,(H,18,20). The Hall–Kier alpha value is -1.88. The van der Waals surface area contributed by atoms with Crippen LogP contribution in [0, 0.1) is 11.7 Å². The van der Waals surface area contributed by atoms with Gasteiger partial charge in [-0.15, -0.1) is 11.3 Å². The zero-order valence-electron chi connectivity index (χ0n) is 12.3. The molecule has 0 saturated carbocycles. The lowest BCUT2D eigenvalue weighted by Gasteiger charge is -2.23. The van der Waals surface area contributed by atoms with Crippen LogP contribution < -0.4 is 10.6 Å². The Bertz CT molecular complexity index is 611. The second kappa shape index (κ2) is 6.72. The molecule has 0 aliphatic heterocycles. The van der Waals surface area contributed by atoms with Gasteiger partial charge in [-0.05, 0) is 35.6 Å². The van der Waals surface area contributed by atoms with E-state index >= 15 is 0 Å². The molecule has 2 aromatic rings. The Morgan fingerprint density at radius 3 is 2.62 bits per heavy atom.